The number of fused-ring (bicyclic) bond motifs is 2. The maximum atomic E-state index is 12.3. The van der Waals surface area contributed by atoms with Crippen LogP contribution in [0.15, 0.2) is 85.3 Å². The lowest BCUT2D eigenvalue weighted by Crippen LogP contribution is -2.20. The van der Waals surface area contributed by atoms with Crippen LogP contribution < -0.4 is 5.32 Å². The van der Waals surface area contributed by atoms with Crippen molar-refractivity contribution in [3.63, 3.8) is 0 Å². The maximum absolute atomic E-state index is 12.3. The number of benzene rings is 2. The third-order valence-corrected chi connectivity index (χ3v) is 5.15. The molecule has 0 aliphatic rings. The quantitative estimate of drug-likeness (QED) is 0.367. The van der Waals surface area contributed by atoms with Crippen molar-refractivity contribution < 1.29 is 4.79 Å². The summed E-state index contributed by atoms with van der Waals surface area (Å²) < 4.78 is 0. The molecule has 0 atom stereocenters. The van der Waals surface area contributed by atoms with Crippen LogP contribution in [0.2, 0.25) is 0 Å². The van der Waals surface area contributed by atoms with Crippen molar-refractivity contribution in [2.24, 2.45) is 0 Å². The van der Waals surface area contributed by atoms with Crippen molar-refractivity contribution >= 4 is 33.9 Å². The number of aromatic amines is 2. The third kappa shape index (κ3) is 3.61. The molecule has 5 heteroatoms. The minimum atomic E-state index is -0.137. The van der Waals surface area contributed by atoms with Crippen molar-refractivity contribution in [2.75, 3.05) is 0 Å². The van der Waals surface area contributed by atoms with Crippen molar-refractivity contribution in [3.05, 3.63) is 96.5 Å². The Morgan fingerprint density at radius 2 is 1.93 bits per heavy atom. The average molecular weight is 392 g/mol. The lowest BCUT2D eigenvalue weighted by molar-refractivity contribution is -0.116. The number of amides is 1. The molecule has 5 nitrogen and oxygen atoms in total. The topological polar surface area (TPSA) is 73.6 Å². The molecule has 3 aromatic heterocycles. The monoisotopic (exact) mass is 392 g/mol. The van der Waals surface area contributed by atoms with Gasteiger partial charge in [-0.15, -0.1) is 0 Å². The molecule has 0 aliphatic heterocycles. The lowest BCUT2D eigenvalue weighted by Gasteiger charge is -2.03. The average Bonchev–Trinajstić information content (AvgIpc) is 3.43. The number of carbonyl (C=O) groups is 1. The second kappa shape index (κ2) is 7.72. The number of hydrogen-bond acceptors (Lipinski definition) is 2. The Morgan fingerprint density at radius 3 is 2.83 bits per heavy atom. The summed E-state index contributed by atoms with van der Waals surface area (Å²) in [6.45, 7) is 0.484. The second-order valence-electron chi connectivity index (χ2n) is 7.18. The van der Waals surface area contributed by atoms with E-state index >= 15 is 0 Å². The molecule has 2 aromatic carbocycles. The van der Waals surface area contributed by atoms with Gasteiger partial charge in [-0.3, -0.25) is 4.79 Å². The summed E-state index contributed by atoms with van der Waals surface area (Å²) in [5.41, 5.74) is 6.08. The molecule has 146 valence electrons. The molecule has 3 heterocycles. The van der Waals surface area contributed by atoms with Gasteiger partial charge in [-0.25, -0.2) is 4.98 Å². The highest BCUT2D eigenvalue weighted by molar-refractivity contribution is 5.96. The number of rotatable bonds is 5. The Kier molecular flexibility index (Phi) is 4.62. The molecule has 0 fully saturated rings. The summed E-state index contributed by atoms with van der Waals surface area (Å²) in [4.78, 5) is 23.1. The van der Waals surface area contributed by atoms with E-state index in [0.717, 1.165) is 44.2 Å². The van der Waals surface area contributed by atoms with Crippen molar-refractivity contribution in [1.29, 1.82) is 0 Å². The zero-order valence-electron chi connectivity index (χ0n) is 16.2. The number of carbonyl (C=O) groups excluding carboxylic acids is 1. The second-order valence-corrected chi connectivity index (χ2v) is 7.18. The molecule has 0 saturated heterocycles. The molecule has 5 aromatic rings. The van der Waals surface area contributed by atoms with Crippen LogP contribution in [-0.4, -0.2) is 20.9 Å². The summed E-state index contributed by atoms with van der Waals surface area (Å²) in [6.07, 6.45) is 8.98. The van der Waals surface area contributed by atoms with Gasteiger partial charge in [0, 0.05) is 47.7 Å². The highest BCUT2D eigenvalue weighted by atomic mass is 16.1. The molecule has 0 unspecified atom stereocenters. The molecular formula is C25H20N4O. The van der Waals surface area contributed by atoms with Crippen LogP contribution in [0.5, 0.6) is 0 Å². The lowest BCUT2D eigenvalue weighted by atomic mass is 10.1. The Balaban J connectivity index is 1.30. The molecule has 0 saturated carbocycles. The van der Waals surface area contributed by atoms with Crippen molar-refractivity contribution in [1.82, 2.24) is 20.3 Å². The zero-order chi connectivity index (χ0) is 20.3. The molecule has 0 radical (unpaired) electrons. The van der Waals surface area contributed by atoms with E-state index in [9.17, 15) is 4.79 Å². The van der Waals surface area contributed by atoms with Gasteiger partial charge < -0.3 is 15.3 Å². The molecule has 1 amide bonds. The van der Waals surface area contributed by atoms with Gasteiger partial charge in [-0.1, -0.05) is 36.4 Å². The van der Waals surface area contributed by atoms with E-state index < -0.39 is 0 Å². The molecule has 0 aliphatic carbocycles. The molecule has 3 N–H and O–H groups in total. The molecule has 0 bridgehead atoms. The third-order valence-electron chi connectivity index (χ3n) is 5.15. The van der Waals surface area contributed by atoms with Crippen LogP contribution in [0.25, 0.3) is 39.1 Å². The zero-order valence-corrected chi connectivity index (χ0v) is 16.2. The van der Waals surface area contributed by atoms with Crippen LogP contribution in [0.4, 0.5) is 0 Å². The van der Waals surface area contributed by atoms with Gasteiger partial charge in [0.2, 0.25) is 5.91 Å². The number of aromatic nitrogens is 3. The molecule has 0 spiro atoms. The summed E-state index contributed by atoms with van der Waals surface area (Å²) in [5, 5.41) is 5.10. The van der Waals surface area contributed by atoms with Crippen molar-refractivity contribution in [2.45, 2.75) is 6.54 Å². The van der Waals surface area contributed by atoms with E-state index in [0.29, 0.717) is 6.54 Å². The van der Waals surface area contributed by atoms with E-state index in [1.165, 1.54) is 0 Å². The van der Waals surface area contributed by atoms with E-state index in [2.05, 4.69) is 38.5 Å². The smallest absolute Gasteiger partial charge is 0.244 e. The molecule has 5 rings (SSSR count). The number of hydrogen-bond donors (Lipinski definition) is 3. The Morgan fingerprint density at radius 1 is 1.03 bits per heavy atom. The SMILES string of the molecule is O=C(/C=C/c1cnc2[nH]cc(-c3ccccc3)c2c1)NCc1ccc2[nH]ccc2c1. The largest absolute Gasteiger partial charge is 0.361 e. The summed E-state index contributed by atoms with van der Waals surface area (Å²) in [7, 11) is 0. The van der Waals surface area contributed by atoms with E-state index in [-0.39, 0.29) is 5.91 Å². The Labute approximate surface area is 173 Å². The van der Waals surface area contributed by atoms with Crippen LogP contribution in [-0.2, 0) is 11.3 Å². The van der Waals surface area contributed by atoms with Crippen LogP contribution in [0.1, 0.15) is 11.1 Å². The predicted octanol–water partition coefficient (Wildman–Crippen LogP) is 5.04. The van der Waals surface area contributed by atoms with Gasteiger partial charge in [0.05, 0.1) is 0 Å². The van der Waals surface area contributed by atoms with E-state index in [1.807, 2.05) is 54.9 Å². The first-order valence-electron chi connectivity index (χ1n) is 9.81. The molecular weight excluding hydrogens is 372 g/mol. The number of pyridine rings is 1. The highest BCUT2D eigenvalue weighted by Gasteiger charge is 2.07. The summed E-state index contributed by atoms with van der Waals surface area (Å²) in [5.74, 6) is -0.137. The van der Waals surface area contributed by atoms with E-state index in [1.54, 1.807) is 18.3 Å². The van der Waals surface area contributed by atoms with E-state index in [4.69, 9.17) is 0 Å². The van der Waals surface area contributed by atoms with Gasteiger partial charge in [0.1, 0.15) is 5.65 Å². The number of H-pyrrole nitrogens is 2. The van der Waals surface area contributed by atoms with Gasteiger partial charge in [-0.2, -0.15) is 0 Å². The first kappa shape index (κ1) is 17.9. The van der Waals surface area contributed by atoms with Crippen LogP contribution >= 0.6 is 0 Å². The summed E-state index contributed by atoms with van der Waals surface area (Å²) in [6, 6.07) is 20.4. The minimum Gasteiger partial charge on any atom is -0.361 e. The normalized spacial score (nSPS) is 11.5. The first-order chi connectivity index (χ1) is 14.8. The Bertz CT molecular complexity index is 1360. The minimum absolute atomic E-state index is 0.137. The van der Waals surface area contributed by atoms with Gasteiger partial charge in [-0.05, 0) is 52.4 Å². The predicted molar refractivity (Wildman–Crippen MR) is 121 cm³/mol. The maximum Gasteiger partial charge on any atom is 0.244 e. The van der Waals surface area contributed by atoms with Crippen LogP contribution in [0, 0.1) is 0 Å². The van der Waals surface area contributed by atoms with Gasteiger partial charge in [0.15, 0.2) is 0 Å². The first-order valence-corrected chi connectivity index (χ1v) is 9.81. The van der Waals surface area contributed by atoms with Gasteiger partial charge >= 0.3 is 0 Å². The molecule has 30 heavy (non-hydrogen) atoms. The summed E-state index contributed by atoms with van der Waals surface area (Å²) >= 11 is 0. The van der Waals surface area contributed by atoms with Gasteiger partial charge in [0.25, 0.3) is 0 Å². The highest BCUT2D eigenvalue weighted by Crippen LogP contribution is 2.28. The van der Waals surface area contributed by atoms with Crippen molar-refractivity contribution in [3.8, 4) is 11.1 Å². The number of nitrogens with one attached hydrogen (secondary N) is 3. The fourth-order valence-corrected chi connectivity index (χ4v) is 3.60. The number of nitrogens with zero attached hydrogens (tertiary/aromatic N) is 1. The Hall–Kier alpha value is -4.12. The fraction of sp³-hybridized carbons (Fsp3) is 0.0400. The van der Waals surface area contributed by atoms with Crippen LogP contribution in [0.3, 0.4) is 0 Å². The standard InChI is InChI=1S/C25H20N4O/c30-24(27-14-17-6-8-23-20(12-17)10-11-26-23)9-7-18-13-21-22(16-29-25(21)28-15-18)19-4-2-1-3-5-19/h1-13,15-16,26H,14H2,(H,27,30)(H,28,29)/b9-7+. The fourth-order valence-electron chi connectivity index (χ4n) is 3.60.